The van der Waals surface area contributed by atoms with E-state index < -0.39 is 5.54 Å². The Hall–Kier alpha value is -1.66. The van der Waals surface area contributed by atoms with Crippen LogP contribution in [-0.4, -0.2) is 46.4 Å². The van der Waals surface area contributed by atoms with E-state index in [-0.39, 0.29) is 17.6 Å². The van der Waals surface area contributed by atoms with Crippen molar-refractivity contribution in [3.05, 3.63) is 24.5 Å². The van der Waals surface area contributed by atoms with Gasteiger partial charge in [0.05, 0.1) is 25.0 Å². The van der Waals surface area contributed by atoms with Crippen molar-refractivity contribution in [3.8, 4) is 5.75 Å². The number of pyridine rings is 1. The van der Waals surface area contributed by atoms with Crippen molar-refractivity contribution in [1.29, 1.82) is 0 Å². The molecule has 1 aromatic heterocycles. The topological polar surface area (TPSA) is 60.9 Å². The zero-order chi connectivity index (χ0) is 16.5. The highest BCUT2D eigenvalue weighted by atomic mass is 16.7. The van der Waals surface area contributed by atoms with Crippen LogP contribution in [0.3, 0.4) is 0 Å². The molecule has 3 heterocycles. The summed E-state index contributed by atoms with van der Waals surface area (Å²) in [5, 5.41) is 1.84. The molecule has 0 radical (unpaired) electrons. The first-order valence-electron chi connectivity index (χ1n) is 8.15. The van der Waals surface area contributed by atoms with Gasteiger partial charge in [-0.15, -0.1) is 0 Å². The lowest BCUT2D eigenvalue weighted by molar-refractivity contribution is -0.286. The summed E-state index contributed by atoms with van der Waals surface area (Å²) in [7, 11) is 0. The van der Waals surface area contributed by atoms with Gasteiger partial charge in [-0.2, -0.15) is 5.06 Å². The third-order valence-electron chi connectivity index (χ3n) is 4.40. The summed E-state index contributed by atoms with van der Waals surface area (Å²) >= 11 is 0. The summed E-state index contributed by atoms with van der Waals surface area (Å²) in [5.41, 5.74) is -0.954. The molecule has 0 bridgehead atoms. The van der Waals surface area contributed by atoms with Gasteiger partial charge in [0.15, 0.2) is 0 Å². The van der Waals surface area contributed by atoms with Crippen LogP contribution in [0.5, 0.6) is 5.75 Å². The Morgan fingerprint density at radius 1 is 1.52 bits per heavy atom. The number of hydrogen-bond acceptors (Lipinski definition) is 6. The largest absolute Gasteiger partial charge is 0.492 e. The van der Waals surface area contributed by atoms with Crippen LogP contribution in [0.15, 0.2) is 24.5 Å². The van der Waals surface area contributed by atoms with Crippen molar-refractivity contribution in [2.45, 2.75) is 57.2 Å². The highest BCUT2D eigenvalue weighted by Gasteiger charge is 2.66. The van der Waals surface area contributed by atoms with Crippen LogP contribution in [0.25, 0.3) is 0 Å². The van der Waals surface area contributed by atoms with Crippen molar-refractivity contribution >= 4 is 5.97 Å². The van der Waals surface area contributed by atoms with E-state index in [0.717, 1.165) is 18.6 Å². The molecule has 2 atom stereocenters. The molecule has 2 saturated heterocycles. The molecule has 3 rings (SSSR count). The predicted molar refractivity (Wildman–Crippen MR) is 83.7 cm³/mol. The van der Waals surface area contributed by atoms with Gasteiger partial charge in [0.2, 0.25) is 0 Å². The molecule has 0 N–H and O–H groups in total. The SMILES string of the molecule is CCOC(=O)C12CC(CCOc3cccnc3)N1OC(C)(C)C2. The van der Waals surface area contributed by atoms with Crippen molar-refractivity contribution in [1.82, 2.24) is 10.0 Å². The van der Waals surface area contributed by atoms with E-state index in [9.17, 15) is 4.79 Å². The Balaban J connectivity index is 1.58. The number of carbonyl (C=O) groups is 1. The molecular weight excluding hydrogens is 296 g/mol. The van der Waals surface area contributed by atoms with Crippen LogP contribution >= 0.6 is 0 Å². The smallest absolute Gasteiger partial charge is 0.329 e. The number of carbonyl (C=O) groups excluding carboxylic acids is 1. The van der Waals surface area contributed by atoms with Crippen molar-refractivity contribution in [3.63, 3.8) is 0 Å². The second-order valence-corrected chi connectivity index (χ2v) is 6.79. The van der Waals surface area contributed by atoms with E-state index in [1.807, 2.05) is 38.0 Å². The average molecular weight is 320 g/mol. The Morgan fingerprint density at radius 2 is 2.35 bits per heavy atom. The van der Waals surface area contributed by atoms with E-state index in [0.29, 0.717) is 19.6 Å². The van der Waals surface area contributed by atoms with Crippen LogP contribution in [0, 0.1) is 0 Å². The molecule has 0 amide bonds. The number of aromatic nitrogens is 1. The fourth-order valence-electron chi connectivity index (χ4n) is 3.59. The van der Waals surface area contributed by atoms with Crippen molar-refractivity contribution in [2.75, 3.05) is 13.2 Å². The molecule has 126 valence electrons. The number of fused-ring (bicyclic) bond motifs is 1. The summed E-state index contributed by atoms with van der Waals surface area (Å²) in [6.45, 7) is 6.81. The summed E-state index contributed by atoms with van der Waals surface area (Å²) in [6, 6.07) is 3.90. The zero-order valence-electron chi connectivity index (χ0n) is 13.9. The molecule has 0 spiro atoms. The van der Waals surface area contributed by atoms with Gasteiger partial charge < -0.3 is 9.47 Å². The Bertz CT molecular complexity index is 563. The number of hydroxylamine groups is 2. The van der Waals surface area contributed by atoms with Gasteiger partial charge in [-0.3, -0.25) is 9.82 Å². The van der Waals surface area contributed by atoms with Gasteiger partial charge in [0, 0.05) is 18.7 Å². The molecule has 2 aliphatic heterocycles. The molecule has 6 nitrogen and oxygen atoms in total. The van der Waals surface area contributed by atoms with Gasteiger partial charge in [-0.05, 0) is 45.7 Å². The first-order chi connectivity index (χ1) is 11.0. The fraction of sp³-hybridized carbons (Fsp3) is 0.647. The van der Waals surface area contributed by atoms with Gasteiger partial charge in [-0.1, -0.05) is 0 Å². The number of ether oxygens (including phenoxy) is 2. The molecule has 23 heavy (non-hydrogen) atoms. The normalized spacial score (nSPS) is 28.7. The summed E-state index contributed by atoms with van der Waals surface area (Å²) in [4.78, 5) is 22.4. The van der Waals surface area contributed by atoms with Crippen LogP contribution in [0.4, 0.5) is 0 Å². The molecule has 2 fully saturated rings. The lowest BCUT2D eigenvalue weighted by atomic mass is 9.75. The standard InChI is InChI=1S/C17H24N2O4/c1-4-21-15(20)17-10-13(19(17)23-16(2,3)12-17)7-9-22-14-6-5-8-18-11-14/h5-6,8,11,13H,4,7,9-10,12H2,1-3H3. The summed E-state index contributed by atoms with van der Waals surface area (Å²) in [6.07, 6.45) is 5.63. The number of nitrogens with zero attached hydrogens (tertiary/aromatic N) is 2. The van der Waals surface area contributed by atoms with Crippen LogP contribution in [-0.2, 0) is 14.4 Å². The first kappa shape index (κ1) is 16.2. The van der Waals surface area contributed by atoms with E-state index >= 15 is 0 Å². The maximum absolute atomic E-state index is 12.4. The van der Waals surface area contributed by atoms with E-state index in [4.69, 9.17) is 14.3 Å². The molecule has 2 aliphatic rings. The molecule has 6 heteroatoms. The third kappa shape index (κ3) is 3.05. The Labute approximate surface area is 136 Å². The fourth-order valence-corrected chi connectivity index (χ4v) is 3.59. The minimum atomic E-state index is -0.613. The number of hydrogen-bond donors (Lipinski definition) is 0. The Kier molecular flexibility index (Phi) is 4.29. The first-order valence-corrected chi connectivity index (χ1v) is 8.15. The zero-order valence-corrected chi connectivity index (χ0v) is 13.9. The highest BCUT2D eigenvalue weighted by molar-refractivity contribution is 5.82. The maximum Gasteiger partial charge on any atom is 0.329 e. The van der Waals surface area contributed by atoms with E-state index in [1.165, 1.54) is 0 Å². The molecule has 0 saturated carbocycles. The number of esters is 1. The lowest BCUT2D eigenvalue weighted by Gasteiger charge is -2.49. The molecule has 1 aromatic rings. The maximum atomic E-state index is 12.4. The highest BCUT2D eigenvalue weighted by Crippen LogP contribution is 2.52. The monoisotopic (exact) mass is 320 g/mol. The molecule has 0 aromatic carbocycles. The Morgan fingerprint density at radius 3 is 3.04 bits per heavy atom. The molecule has 2 unspecified atom stereocenters. The minimum absolute atomic E-state index is 0.171. The molecule has 0 aliphatic carbocycles. The minimum Gasteiger partial charge on any atom is -0.492 e. The number of rotatable bonds is 6. The van der Waals surface area contributed by atoms with Crippen LogP contribution < -0.4 is 4.74 Å². The lowest BCUT2D eigenvalue weighted by Crippen LogP contribution is -2.66. The van der Waals surface area contributed by atoms with E-state index in [1.54, 1.807) is 12.4 Å². The van der Waals surface area contributed by atoms with Crippen LogP contribution in [0.1, 0.15) is 40.0 Å². The third-order valence-corrected chi connectivity index (χ3v) is 4.40. The summed E-state index contributed by atoms with van der Waals surface area (Å²) in [5.74, 6) is 0.584. The van der Waals surface area contributed by atoms with Crippen molar-refractivity contribution in [2.24, 2.45) is 0 Å². The second-order valence-electron chi connectivity index (χ2n) is 6.79. The predicted octanol–water partition coefficient (Wildman–Crippen LogP) is 2.34. The van der Waals surface area contributed by atoms with Gasteiger partial charge in [0.25, 0.3) is 0 Å². The average Bonchev–Trinajstić information content (AvgIpc) is 2.73. The van der Waals surface area contributed by atoms with Gasteiger partial charge >= 0.3 is 5.97 Å². The quantitative estimate of drug-likeness (QED) is 0.750. The van der Waals surface area contributed by atoms with Crippen molar-refractivity contribution < 1.29 is 19.1 Å². The van der Waals surface area contributed by atoms with Crippen LogP contribution in [0.2, 0.25) is 0 Å². The molecular formula is C17H24N2O4. The van der Waals surface area contributed by atoms with E-state index in [2.05, 4.69) is 4.98 Å². The second kappa shape index (κ2) is 6.09. The van der Waals surface area contributed by atoms with Gasteiger partial charge in [0.1, 0.15) is 11.3 Å². The summed E-state index contributed by atoms with van der Waals surface area (Å²) < 4.78 is 11.0. The van der Waals surface area contributed by atoms with Gasteiger partial charge in [-0.25, -0.2) is 4.79 Å².